The van der Waals surface area contributed by atoms with E-state index in [1.54, 1.807) is 24.5 Å². The highest BCUT2D eigenvalue weighted by atomic mass is 16.6. The SMILES string of the molecule is CC.CCC1CCC(C(=O)OC2CCC(OC(=O)c3ccc(C(=O)OC4CCC(OC(=O)C5CCCCC5)CC4)c4ccc(-c5ccncc5)cc34)CC2)CC1. The van der Waals surface area contributed by atoms with E-state index in [-0.39, 0.29) is 48.2 Å². The first kappa shape index (κ1) is 41.4. The number of rotatable bonds is 10. The summed E-state index contributed by atoms with van der Waals surface area (Å²) in [5, 5.41) is 1.23. The normalized spacial score (nSPS) is 25.6. The van der Waals surface area contributed by atoms with Gasteiger partial charge in [0.25, 0.3) is 0 Å². The molecule has 0 radical (unpaired) electrons. The second-order valence-electron chi connectivity index (χ2n) is 16.1. The Morgan fingerprint density at radius 3 is 1.48 bits per heavy atom. The molecule has 1 heterocycles. The molecule has 0 N–H and O–H groups in total. The van der Waals surface area contributed by atoms with Crippen LogP contribution in [0.3, 0.4) is 0 Å². The molecular weight excluding hydrogens is 707 g/mol. The lowest BCUT2D eigenvalue weighted by atomic mass is 9.81. The van der Waals surface area contributed by atoms with Crippen LogP contribution in [0.2, 0.25) is 0 Å². The maximum Gasteiger partial charge on any atom is 0.339 e. The quantitative estimate of drug-likeness (QED) is 0.147. The lowest BCUT2D eigenvalue weighted by Gasteiger charge is -2.31. The van der Waals surface area contributed by atoms with Crippen LogP contribution in [-0.4, -0.2) is 53.3 Å². The predicted molar refractivity (Wildman–Crippen MR) is 216 cm³/mol. The second kappa shape index (κ2) is 20.2. The van der Waals surface area contributed by atoms with Crippen molar-refractivity contribution in [3.8, 4) is 11.1 Å². The fraction of sp³-hybridized carbons (Fsp3) is 0.596. The van der Waals surface area contributed by atoms with E-state index in [1.165, 1.54) is 12.8 Å². The van der Waals surface area contributed by atoms with E-state index in [4.69, 9.17) is 18.9 Å². The summed E-state index contributed by atoms with van der Waals surface area (Å²) in [7, 11) is 0. The van der Waals surface area contributed by atoms with Crippen molar-refractivity contribution >= 4 is 34.6 Å². The molecule has 0 atom stereocenters. The van der Waals surface area contributed by atoms with Crippen LogP contribution in [0.25, 0.3) is 21.9 Å². The van der Waals surface area contributed by atoms with Crippen LogP contribution in [0.4, 0.5) is 0 Å². The Labute approximate surface area is 332 Å². The number of carbonyl (C=O) groups excluding carboxylic acids is 4. The zero-order valence-corrected chi connectivity index (χ0v) is 33.7. The molecule has 56 heavy (non-hydrogen) atoms. The van der Waals surface area contributed by atoms with Crippen LogP contribution < -0.4 is 0 Å². The lowest BCUT2D eigenvalue weighted by Crippen LogP contribution is -2.32. The zero-order chi connectivity index (χ0) is 39.4. The van der Waals surface area contributed by atoms with Gasteiger partial charge in [0.05, 0.1) is 23.0 Å². The van der Waals surface area contributed by atoms with Gasteiger partial charge >= 0.3 is 23.9 Å². The van der Waals surface area contributed by atoms with E-state index in [0.29, 0.717) is 73.3 Å². The molecule has 7 rings (SSSR count). The number of benzene rings is 2. The Morgan fingerprint density at radius 1 is 0.518 bits per heavy atom. The molecule has 9 nitrogen and oxygen atoms in total. The molecule has 0 amide bonds. The van der Waals surface area contributed by atoms with Crippen LogP contribution in [0.15, 0.2) is 54.9 Å². The third kappa shape index (κ3) is 10.6. The largest absolute Gasteiger partial charge is 0.462 e. The van der Waals surface area contributed by atoms with Crippen LogP contribution in [0.1, 0.15) is 157 Å². The van der Waals surface area contributed by atoms with E-state index >= 15 is 0 Å². The first-order valence-electron chi connectivity index (χ1n) is 21.6. The van der Waals surface area contributed by atoms with Crippen molar-refractivity contribution in [3.05, 3.63) is 66.0 Å². The van der Waals surface area contributed by atoms with E-state index in [1.807, 2.05) is 44.2 Å². The van der Waals surface area contributed by atoms with Crippen molar-refractivity contribution in [2.24, 2.45) is 17.8 Å². The summed E-state index contributed by atoms with van der Waals surface area (Å²) in [6.07, 6.45) is 18.2. The second-order valence-corrected chi connectivity index (χ2v) is 16.1. The van der Waals surface area contributed by atoms with Crippen LogP contribution in [0, 0.1) is 17.8 Å². The average Bonchev–Trinajstić information content (AvgIpc) is 3.25. The minimum Gasteiger partial charge on any atom is -0.462 e. The van der Waals surface area contributed by atoms with Crippen LogP contribution >= 0.6 is 0 Å². The van der Waals surface area contributed by atoms with Crippen LogP contribution in [0.5, 0.6) is 0 Å². The zero-order valence-electron chi connectivity index (χ0n) is 33.7. The number of ether oxygens (including phenoxy) is 4. The van der Waals surface area contributed by atoms with E-state index in [9.17, 15) is 19.2 Å². The molecule has 0 unspecified atom stereocenters. The van der Waals surface area contributed by atoms with Crippen molar-refractivity contribution < 1.29 is 38.1 Å². The smallest absolute Gasteiger partial charge is 0.339 e. The maximum atomic E-state index is 13.8. The molecule has 4 aliphatic rings. The third-order valence-corrected chi connectivity index (χ3v) is 12.5. The van der Waals surface area contributed by atoms with Gasteiger partial charge in [0, 0.05) is 12.4 Å². The summed E-state index contributed by atoms with van der Waals surface area (Å²) in [6, 6.07) is 12.9. The fourth-order valence-corrected chi connectivity index (χ4v) is 9.06. The monoisotopic (exact) mass is 767 g/mol. The number of carbonyl (C=O) groups is 4. The summed E-state index contributed by atoms with van der Waals surface area (Å²) < 4.78 is 23.9. The van der Waals surface area contributed by atoms with Gasteiger partial charge in [-0.05, 0) is 148 Å². The standard InChI is InChI=1S/C45H55NO8.C2H6/c1-2-29-8-10-32(11-9-29)43(48)52-35-15-19-37(20-16-35)54-45(50)40-23-22-39(38-21-12-33(28-41(38)40)30-24-26-46-27-25-30)44(49)53-36-17-13-34(14-18-36)51-42(47)31-6-4-3-5-7-31;1-2/h12,21-29,31-32,34-37H,2-11,13-20H2,1H3;1-2H3. The molecule has 4 aliphatic carbocycles. The molecule has 9 heteroatoms. The molecule has 302 valence electrons. The molecule has 1 aromatic heterocycles. The number of aromatic nitrogens is 1. The van der Waals surface area contributed by atoms with Gasteiger partial charge in [0.15, 0.2) is 0 Å². The van der Waals surface area contributed by atoms with Gasteiger partial charge < -0.3 is 18.9 Å². The molecule has 0 saturated heterocycles. The Kier molecular flexibility index (Phi) is 15.0. The summed E-state index contributed by atoms with van der Waals surface area (Å²) in [5.41, 5.74) is 2.59. The average molecular weight is 768 g/mol. The molecule has 0 spiro atoms. The summed E-state index contributed by atoms with van der Waals surface area (Å²) in [5.74, 6) is -0.266. The van der Waals surface area contributed by atoms with Crippen molar-refractivity contribution in [3.63, 3.8) is 0 Å². The van der Waals surface area contributed by atoms with E-state index in [2.05, 4.69) is 11.9 Å². The van der Waals surface area contributed by atoms with Gasteiger partial charge in [-0.2, -0.15) is 0 Å². The Bertz CT molecular complexity index is 1760. The number of hydrogen-bond donors (Lipinski definition) is 0. The van der Waals surface area contributed by atoms with Gasteiger partial charge in [-0.15, -0.1) is 0 Å². The molecule has 0 aliphatic heterocycles. The highest BCUT2D eigenvalue weighted by Crippen LogP contribution is 2.35. The van der Waals surface area contributed by atoms with Crippen molar-refractivity contribution in [2.75, 3.05) is 0 Å². The molecule has 2 aromatic carbocycles. The molecule has 4 fully saturated rings. The minimum absolute atomic E-state index is 0.00573. The first-order chi connectivity index (χ1) is 27.3. The summed E-state index contributed by atoms with van der Waals surface area (Å²) in [6.45, 7) is 6.22. The topological polar surface area (TPSA) is 118 Å². The van der Waals surface area contributed by atoms with Gasteiger partial charge in [0.2, 0.25) is 0 Å². The fourth-order valence-electron chi connectivity index (χ4n) is 9.06. The van der Waals surface area contributed by atoms with Crippen molar-refractivity contribution in [2.45, 2.75) is 161 Å². The Hall–Kier alpha value is -4.27. The first-order valence-corrected chi connectivity index (χ1v) is 21.6. The summed E-state index contributed by atoms with van der Waals surface area (Å²) in [4.78, 5) is 57.3. The predicted octanol–water partition coefficient (Wildman–Crippen LogP) is 10.7. The molecule has 4 saturated carbocycles. The van der Waals surface area contributed by atoms with Crippen molar-refractivity contribution in [1.82, 2.24) is 4.98 Å². The van der Waals surface area contributed by atoms with Gasteiger partial charge in [0.1, 0.15) is 24.4 Å². The van der Waals surface area contributed by atoms with E-state index in [0.717, 1.165) is 68.4 Å². The Balaban J connectivity index is 0.00000262. The highest BCUT2D eigenvalue weighted by Gasteiger charge is 2.33. The number of fused-ring (bicyclic) bond motifs is 1. The van der Waals surface area contributed by atoms with E-state index < -0.39 is 11.9 Å². The molecular formula is C47H61NO8. The maximum absolute atomic E-state index is 13.8. The molecule has 0 bridgehead atoms. The van der Waals surface area contributed by atoms with Crippen LogP contribution in [-0.2, 0) is 28.5 Å². The lowest BCUT2D eigenvalue weighted by molar-refractivity contribution is -0.158. The summed E-state index contributed by atoms with van der Waals surface area (Å²) >= 11 is 0. The van der Waals surface area contributed by atoms with Crippen molar-refractivity contribution in [1.29, 1.82) is 0 Å². The minimum atomic E-state index is -0.443. The Morgan fingerprint density at radius 2 is 0.982 bits per heavy atom. The number of esters is 4. The van der Waals surface area contributed by atoms with Gasteiger partial charge in [-0.1, -0.05) is 58.6 Å². The molecule has 3 aromatic rings. The highest BCUT2D eigenvalue weighted by molar-refractivity contribution is 6.12. The van der Waals surface area contributed by atoms with Gasteiger partial charge in [-0.25, -0.2) is 9.59 Å². The number of nitrogens with zero attached hydrogens (tertiary/aromatic N) is 1. The number of pyridine rings is 1. The number of hydrogen-bond acceptors (Lipinski definition) is 9. The van der Waals surface area contributed by atoms with Gasteiger partial charge in [-0.3, -0.25) is 14.6 Å². The third-order valence-electron chi connectivity index (χ3n) is 12.5.